The van der Waals surface area contributed by atoms with Gasteiger partial charge >= 0.3 is 6.03 Å². The van der Waals surface area contributed by atoms with Crippen LogP contribution in [-0.4, -0.2) is 21.9 Å². The van der Waals surface area contributed by atoms with Crippen molar-refractivity contribution in [3.05, 3.63) is 57.8 Å². The molecule has 0 spiro atoms. The summed E-state index contributed by atoms with van der Waals surface area (Å²) in [5.41, 5.74) is 5.06. The standard InChI is InChI=1S/C20H18ClF2N5O2S/c1-9-7-25-19(31-9)17-14(5-13(21)6-15(17)22)12-4-16(23)18(24-8-12)10(2)26-20(30)28-27-11(3)29/h4-8,10H,1-3H3,(H,27,29)(H2,26,28,30)/t10-/m1/s1. The summed E-state index contributed by atoms with van der Waals surface area (Å²) in [5, 5.41) is 3.05. The predicted octanol–water partition coefficient (Wildman–Crippen LogP) is 4.52. The van der Waals surface area contributed by atoms with Crippen molar-refractivity contribution in [3.63, 3.8) is 0 Å². The molecule has 0 aliphatic rings. The first-order valence-corrected chi connectivity index (χ1v) is 10.3. The van der Waals surface area contributed by atoms with Crippen molar-refractivity contribution in [1.82, 2.24) is 26.1 Å². The van der Waals surface area contributed by atoms with Crippen molar-refractivity contribution in [3.8, 4) is 21.7 Å². The number of amides is 3. The zero-order chi connectivity index (χ0) is 22.7. The summed E-state index contributed by atoms with van der Waals surface area (Å²) in [6.45, 7) is 4.60. The highest BCUT2D eigenvalue weighted by atomic mass is 35.5. The van der Waals surface area contributed by atoms with E-state index in [1.807, 2.05) is 6.92 Å². The molecule has 0 unspecified atom stereocenters. The molecule has 2 heterocycles. The average Bonchev–Trinajstić information content (AvgIpc) is 3.11. The van der Waals surface area contributed by atoms with Crippen LogP contribution in [0.3, 0.4) is 0 Å². The molecule has 0 radical (unpaired) electrons. The van der Waals surface area contributed by atoms with Crippen molar-refractivity contribution < 1.29 is 18.4 Å². The van der Waals surface area contributed by atoms with Crippen molar-refractivity contribution in [2.45, 2.75) is 26.8 Å². The van der Waals surface area contributed by atoms with Crippen LogP contribution in [0.25, 0.3) is 21.7 Å². The molecule has 0 bridgehead atoms. The van der Waals surface area contributed by atoms with E-state index in [4.69, 9.17) is 11.6 Å². The number of aromatic nitrogens is 2. The van der Waals surface area contributed by atoms with Gasteiger partial charge in [0.05, 0.1) is 17.3 Å². The SMILES string of the molecule is CC(=O)NNC(=O)N[C@H](C)c1ncc(-c2cc(Cl)cc(F)c2-c2ncc(C)s2)cc1F. The maximum atomic E-state index is 14.8. The molecule has 3 N–H and O–H groups in total. The minimum absolute atomic E-state index is 0.0316. The monoisotopic (exact) mass is 465 g/mol. The number of hydrogen-bond acceptors (Lipinski definition) is 5. The Morgan fingerprint density at radius 3 is 2.45 bits per heavy atom. The molecule has 162 valence electrons. The topological polar surface area (TPSA) is 96.0 Å². The highest BCUT2D eigenvalue weighted by Crippen LogP contribution is 2.38. The van der Waals surface area contributed by atoms with Gasteiger partial charge in [-0.05, 0) is 37.6 Å². The van der Waals surface area contributed by atoms with Gasteiger partial charge in [0, 0.05) is 34.8 Å². The van der Waals surface area contributed by atoms with E-state index in [9.17, 15) is 18.4 Å². The minimum atomic E-state index is -0.806. The molecular formula is C20H18ClF2N5O2S. The van der Waals surface area contributed by atoms with Crippen LogP contribution < -0.4 is 16.2 Å². The smallest absolute Gasteiger partial charge is 0.329 e. The van der Waals surface area contributed by atoms with E-state index in [-0.39, 0.29) is 16.3 Å². The maximum Gasteiger partial charge on any atom is 0.334 e. The summed E-state index contributed by atoms with van der Waals surface area (Å²) in [6.07, 6.45) is 3.00. The van der Waals surface area contributed by atoms with E-state index in [0.29, 0.717) is 16.1 Å². The molecule has 0 aliphatic carbocycles. The van der Waals surface area contributed by atoms with Gasteiger partial charge in [0.15, 0.2) is 0 Å². The molecular weight excluding hydrogens is 448 g/mol. The van der Waals surface area contributed by atoms with E-state index in [2.05, 4.69) is 26.1 Å². The van der Waals surface area contributed by atoms with Gasteiger partial charge in [0.2, 0.25) is 5.91 Å². The summed E-state index contributed by atoms with van der Waals surface area (Å²) in [5.74, 6) is -1.74. The molecule has 1 atom stereocenters. The molecule has 0 aliphatic heterocycles. The first kappa shape index (κ1) is 22.6. The average molecular weight is 466 g/mol. The molecule has 31 heavy (non-hydrogen) atoms. The zero-order valence-corrected chi connectivity index (χ0v) is 18.3. The highest BCUT2D eigenvalue weighted by molar-refractivity contribution is 7.15. The third-order valence-electron chi connectivity index (χ3n) is 4.18. The summed E-state index contributed by atoms with van der Waals surface area (Å²) >= 11 is 7.34. The third kappa shape index (κ3) is 5.33. The number of hydrazine groups is 1. The molecule has 3 amide bonds. The number of carbonyl (C=O) groups excluding carboxylic acids is 2. The van der Waals surface area contributed by atoms with Gasteiger partial charge < -0.3 is 5.32 Å². The molecule has 11 heteroatoms. The molecule has 2 aromatic heterocycles. The number of hydrogen-bond donors (Lipinski definition) is 3. The Kier molecular flexibility index (Phi) is 6.81. The number of halogens is 3. The van der Waals surface area contributed by atoms with Crippen LogP contribution in [0.2, 0.25) is 5.02 Å². The maximum absolute atomic E-state index is 14.8. The van der Waals surface area contributed by atoms with Crippen LogP contribution in [0.5, 0.6) is 0 Å². The van der Waals surface area contributed by atoms with Crippen LogP contribution >= 0.6 is 22.9 Å². The zero-order valence-electron chi connectivity index (χ0n) is 16.7. The fraction of sp³-hybridized carbons (Fsp3) is 0.200. The van der Waals surface area contributed by atoms with Crippen LogP contribution in [0.15, 0.2) is 30.6 Å². The normalized spacial score (nSPS) is 11.7. The van der Waals surface area contributed by atoms with Gasteiger partial charge in [0.25, 0.3) is 0 Å². The van der Waals surface area contributed by atoms with Gasteiger partial charge in [-0.3, -0.25) is 15.2 Å². The minimum Gasteiger partial charge on any atom is -0.329 e. The molecule has 7 nitrogen and oxygen atoms in total. The van der Waals surface area contributed by atoms with Gasteiger partial charge in [0.1, 0.15) is 16.6 Å². The number of nitrogens with zero attached hydrogens (tertiary/aromatic N) is 2. The second-order valence-corrected chi connectivity index (χ2v) is 8.35. The lowest BCUT2D eigenvalue weighted by atomic mass is 10.00. The Hall–Kier alpha value is -3.11. The van der Waals surface area contributed by atoms with Crippen LogP contribution in [0.4, 0.5) is 13.6 Å². The van der Waals surface area contributed by atoms with E-state index in [0.717, 1.165) is 4.88 Å². The number of rotatable bonds is 4. The molecule has 0 saturated heterocycles. The van der Waals surface area contributed by atoms with Crippen molar-refractivity contribution in [2.75, 3.05) is 0 Å². The summed E-state index contributed by atoms with van der Waals surface area (Å²) in [7, 11) is 0. The Labute approximate surface area is 185 Å². The molecule has 3 rings (SSSR count). The predicted molar refractivity (Wildman–Crippen MR) is 114 cm³/mol. The van der Waals surface area contributed by atoms with Gasteiger partial charge in [-0.2, -0.15) is 0 Å². The van der Waals surface area contributed by atoms with Crippen molar-refractivity contribution in [2.24, 2.45) is 0 Å². The Bertz CT molecular complexity index is 1150. The Morgan fingerprint density at radius 1 is 1.10 bits per heavy atom. The first-order chi connectivity index (χ1) is 14.7. The lowest BCUT2D eigenvalue weighted by Crippen LogP contribution is -2.46. The number of benzene rings is 1. The fourth-order valence-electron chi connectivity index (χ4n) is 2.85. The van der Waals surface area contributed by atoms with Crippen molar-refractivity contribution in [1.29, 1.82) is 0 Å². The number of aryl methyl sites for hydroxylation is 1. The van der Waals surface area contributed by atoms with E-state index in [1.54, 1.807) is 6.20 Å². The lowest BCUT2D eigenvalue weighted by molar-refractivity contribution is -0.119. The summed E-state index contributed by atoms with van der Waals surface area (Å²) in [6, 6.07) is 2.36. The molecule has 0 fully saturated rings. The Balaban J connectivity index is 1.93. The fourth-order valence-corrected chi connectivity index (χ4v) is 3.88. The van der Waals surface area contributed by atoms with E-state index < -0.39 is 29.6 Å². The van der Waals surface area contributed by atoms with E-state index in [1.165, 1.54) is 49.6 Å². The van der Waals surface area contributed by atoms with E-state index >= 15 is 0 Å². The number of thiazole rings is 1. The first-order valence-electron chi connectivity index (χ1n) is 9.06. The largest absolute Gasteiger partial charge is 0.334 e. The van der Waals surface area contributed by atoms with Gasteiger partial charge in [-0.1, -0.05) is 11.6 Å². The third-order valence-corrected chi connectivity index (χ3v) is 5.33. The highest BCUT2D eigenvalue weighted by Gasteiger charge is 2.20. The second-order valence-electron chi connectivity index (χ2n) is 6.68. The second kappa shape index (κ2) is 9.36. The molecule has 3 aromatic rings. The van der Waals surface area contributed by atoms with Crippen molar-refractivity contribution >= 4 is 34.9 Å². The lowest BCUT2D eigenvalue weighted by Gasteiger charge is -2.16. The van der Waals surface area contributed by atoms with Crippen LogP contribution in [0, 0.1) is 18.6 Å². The van der Waals surface area contributed by atoms with Crippen LogP contribution in [-0.2, 0) is 4.79 Å². The van der Waals surface area contributed by atoms with Crippen LogP contribution in [0.1, 0.15) is 30.5 Å². The van der Waals surface area contributed by atoms with Gasteiger partial charge in [-0.25, -0.2) is 24.0 Å². The van der Waals surface area contributed by atoms with Gasteiger partial charge in [-0.15, -0.1) is 11.3 Å². The summed E-state index contributed by atoms with van der Waals surface area (Å²) < 4.78 is 29.6. The number of carbonyl (C=O) groups is 2. The number of urea groups is 1. The Morgan fingerprint density at radius 2 is 1.84 bits per heavy atom. The molecule has 1 aromatic carbocycles. The number of nitrogens with one attached hydrogen (secondary N) is 3. The summed E-state index contributed by atoms with van der Waals surface area (Å²) in [4.78, 5) is 31.8. The molecule has 0 saturated carbocycles. The number of pyridine rings is 1. The quantitative estimate of drug-likeness (QED) is 0.493.